The Labute approximate surface area is 150 Å². The van der Waals surface area contributed by atoms with Crippen molar-refractivity contribution >= 4 is 23.2 Å². The first kappa shape index (κ1) is 16.5. The predicted molar refractivity (Wildman–Crippen MR) is 93.8 cm³/mol. The number of likely N-dealkylation sites (tertiary alicyclic amines) is 1. The molecule has 0 radical (unpaired) electrons. The van der Waals surface area contributed by atoms with Gasteiger partial charge in [-0.3, -0.25) is 18.9 Å². The van der Waals surface area contributed by atoms with E-state index in [1.807, 2.05) is 4.90 Å². The Hall–Kier alpha value is -1.92. The molecule has 2 aliphatic rings. The molecule has 0 bridgehead atoms. The molecule has 4 rings (SSSR count). The molecule has 0 spiro atoms. The van der Waals surface area contributed by atoms with Crippen LogP contribution in [0.2, 0.25) is 5.02 Å². The van der Waals surface area contributed by atoms with E-state index in [9.17, 15) is 14.7 Å². The Morgan fingerprint density at radius 3 is 2.92 bits per heavy atom. The van der Waals surface area contributed by atoms with E-state index >= 15 is 0 Å². The summed E-state index contributed by atoms with van der Waals surface area (Å²) in [5.74, 6) is -0.339. The van der Waals surface area contributed by atoms with E-state index in [1.54, 1.807) is 18.3 Å². The molecule has 1 saturated carbocycles. The second kappa shape index (κ2) is 6.42. The van der Waals surface area contributed by atoms with Crippen molar-refractivity contribution in [3.63, 3.8) is 0 Å². The van der Waals surface area contributed by atoms with E-state index in [2.05, 4.69) is 4.98 Å². The zero-order chi connectivity index (χ0) is 17.6. The summed E-state index contributed by atoms with van der Waals surface area (Å²) in [6.45, 7) is 0.395. The molecular weight excluding hydrogens is 342 g/mol. The number of fused-ring (bicyclic) bond motifs is 2. The molecule has 2 aromatic heterocycles. The number of halogens is 1. The third-order valence-corrected chi connectivity index (χ3v) is 5.75. The van der Waals surface area contributed by atoms with Crippen LogP contribution in [-0.4, -0.2) is 37.4 Å². The molecule has 2 fully saturated rings. The fourth-order valence-corrected chi connectivity index (χ4v) is 4.58. The highest BCUT2D eigenvalue weighted by molar-refractivity contribution is 6.30. The van der Waals surface area contributed by atoms with Crippen LogP contribution in [0.5, 0.6) is 0 Å². The van der Waals surface area contributed by atoms with Gasteiger partial charge in [-0.05, 0) is 37.3 Å². The zero-order valence-electron chi connectivity index (χ0n) is 13.8. The van der Waals surface area contributed by atoms with Gasteiger partial charge in [0.25, 0.3) is 5.56 Å². The van der Waals surface area contributed by atoms with Crippen LogP contribution >= 0.6 is 11.6 Å². The average Bonchev–Trinajstić information content (AvgIpc) is 2.95. The number of aliphatic carboxylic acids is 1. The highest BCUT2D eigenvalue weighted by Gasteiger charge is 2.45. The average molecular weight is 362 g/mol. The van der Waals surface area contributed by atoms with E-state index in [1.165, 1.54) is 16.9 Å². The van der Waals surface area contributed by atoms with E-state index in [-0.39, 0.29) is 11.6 Å². The molecule has 1 N–H and O–H groups in total. The summed E-state index contributed by atoms with van der Waals surface area (Å²) in [7, 11) is 0. The van der Waals surface area contributed by atoms with Gasteiger partial charge in [0, 0.05) is 24.8 Å². The fraction of sp³-hybridized carbons (Fsp3) is 0.500. The van der Waals surface area contributed by atoms with E-state index in [0.717, 1.165) is 19.3 Å². The van der Waals surface area contributed by atoms with Crippen LogP contribution in [-0.2, 0) is 11.3 Å². The van der Waals surface area contributed by atoms with Gasteiger partial charge in [0.05, 0.1) is 10.7 Å². The van der Waals surface area contributed by atoms with Gasteiger partial charge in [-0.2, -0.15) is 0 Å². The van der Waals surface area contributed by atoms with Gasteiger partial charge in [-0.25, -0.2) is 4.98 Å². The molecule has 0 aromatic carbocycles. The van der Waals surface area contributed by atoms with Crippen LogP contribution < -0.4 is 5.56 Å². The van der Waals surface area contributed by atoms with Crippen molar-refractivity contribution < 1.29 is 9.90 Å². The molecule has 1 aliphatic carbocycles. The molecule has 1 saturated heterocycles. The number of rotatable bonds is 3. The highest BCUT2D eigenvalue weighted by atomic mass is 35.5. The van der Waals surface area contributed by atoms with Gasteiger partial charge in [0.15, 0.2) is 0 Å². The minimum Gasteiger partial charge on any atom is -0.480 e. The Morgan fingerprint density at radius 1 is 1.32 bits per heavy atom. The van der Waals surface area contributed by atoms with E-state index in [0.29, 0.717) is 35.2 Å². The first-order valence-corrected chi connectivity index (χ1v) is 9.07. The lowest BCUT2D eigenvalue weighted by atomic mass is 9.85. The lowest BCUT2D eigenvalue weighted by Crippen LogP contribution is -2.42. The minimum atomic E-state index is -0.779. The number of carboxylic acids is 1. The fourth-order valence-electron chi connectivity index (χ4n) is 4.42. The van der Waals surface area contributed by atoms with Gasteiger partial charge in [-0.15, -0.1) is 0 Å². The maximum absolute atomic E-state index is 12.4. The number of hydrogen-bond acceptors (Lipinski definition) is 4. The molecule has 3 atom stereocenters. The SMILES string of the molecule is O=C(O)[C@@H]1C[C@@H]2CCCC[C@H]2N1Cc1cc(=O)n2cc(Cl)ccc2n1. The van der Waals surface area contributed by atoms with Crippen LogP contribution in [0.25, 0.3) is 5.65 Å². The van der Waals surface area contributed by atoms with Crippen LogP contribution in [0, 0.1) is 5.92 Å². The molecule has 0 unspecified atom stereocenters. The second-order valence-electron chi connectivity index (χ2n) is 7.04. The summed E-state index contributed by atoms with van der Waals surface area (Å²) in [4.78, 5) is 30.7. The number of carboxylic acid groups (broad SMARTS) is 1. The highest BCUT2D eigenvalue weighted by Crippen LogP contribution is 2.40. The van der Waals surface area contributed by atoms with Gasteiger partial charge >= 0.3 is 5.97 Å². The zero-order valence-corrected chi connectivity index (χ0v) is 14.5. The normalized spacial score (nSPS) is 26.7. The van der Waals surface area contributed by atoms with Crippen molar-refractivity contribution in [3.05, 3.63) is 45.5 Å². The topological polar surface area (TPSA) is 74.9 Å². The Balaban J connectivity index is 1.68. The van der Waals surface area contributed by atoms with Crippen molar-refractivity contribution in [1.82, 2.24) is 14.3 Å². The number of nitrogens with zero attached hydrogens (tertiary/aromatic N) is 3. The van der Waals surface area contributed by atoms with Gasteiger partial charge in [-0.1, -0.05) is 24.4 Å². The van der Waals surface area contributed by atoms with Crippen molar-refractivity contribution in [2.75, 3.05) is 0 Å². The number of carbonyl (C=O) groups is 1. The van der Waals surface area contributed by atoms with Gasteiger partial charge in [0.2, 0.25) is 0 Å². The van der Waals surface area contributed by atoms with Crippen LogP contribution in [0.4, 0.5) is 0 Å². The summed E-state index contributed by atoms with van der Waals surface area (Å²) in [6.07, 6.45) is 6.67. The first-order valence-electron chi connectivity index (χ1n) is 8.69. The third kappa shape index (κ3) is 3.04. The maximum atomic E-state index is 12.4. The van der Waals surface area contributed by atoms with Crippen molar-refractivity contribution in [3.8, 4) is 0 Å². The summed E-state index contributed by atoms with van der Waals surface area (Å²) in [6, 6.07) is 4.67. The second-order valence-corrected chi connectivity index (χ2v) is 7.47. The van der Waals surface area contributed by atoms with Crippen LogP contribution in [0.3, 0.4) is 0 Å². The lowest BCUT2D eigenvalue weighted by Gasteiger charge is -2.32. The molecule has 132 valence electrons. The Bertz CT molecular complexity index is 881. The monoisotopic (exact) mass is 361 g/mol. The minimum absolute atomic E-state index is 0.200. The molecule has 3 heterocycles. The van der Waals surface area contributed by atoms with Crippen molar-refractivity contribution in [1.29, 1.82) is 0 Å². The first-order chi connectivity index (χ1) is 12.0. The molecule has 7 heteroatoms. The third-order valence-electron chi connectivity index (χ3n) is 5.53. The van der Waals surface area contributed by atoms with Gasteiger partial charge in [0.1, 0.15) is 11.7 Å². The standard InChI is InChI=1S/C18H20ClN3O3/c19-12-5-6-16-20-13(8-17(23)22(16)9-12)10-21-14-4-2-1-3-11(14)7-15(21)18(24)25/h5-6,8-9,11,14-15H,1-4,7,10H2,(H,24,25)/t11-,14+,15-/m0/s1. The predicted octanol–water partition coefficient (Wildman–Crippen LogP) is 2.57. The van der Waals surface area contributed by atoms with Crippen molar-refractivity contribution in [2.24, 2.45) is 5.92 Å². The summed E-state index contributed by atoms with van der Waals surface area (Å²) < 4.78 is 1.41. The summed E-state index contributed by atoms with van der Waals surface area (Å²) in [5.41, 5.74) is 0.941. The summed E-state index contributed by atoms with van der Waals surface area (Å²) in [5, 5.41) is 10.1. The maximum Gasteiger partial charge on any atom is 0.320 e. The molecule has 25 heavy (non-hydrogen) atoms. The quantitative estimate of drug-likeness (QED) is 0.909. The van der Waals surface area contributed by atoms with E-state index in [4.69, 9.17) is 11.6 Å². The number of pyridine rings is 1. The molecule has 0 amide bonds. The van der Waals surface area contributed by atoms with E-state index < -0.39 is 12.0 Å². The van der Waals surface area contributed by atoms with Crippen LogP contribution in [0.15, 0.2) is 29.2 Å². The Morgan fingerprint density at radius 2 is 2.12 bits per heavy atom. The van der Waals surface area contributed by atoms with Crippen LogP contribution in [0.1, 0.15) is 37.8 Å². The van der Waals surface area contributed by atoms with Gasteiger partial charge < -0.3 is 5.11 Å². The number of aromatic nitrogens is 2. The lowest BCUT2D eigenvalue weighted by molar-refractivity contribution is -0.142. The molecule has 2 aromatic rings. The molecule has 6 nitrogen and oxygen atoms in total. The number of hydrogen-bond donors (Lipinski definition) is 1. The largest absolute Gasteiger partial charge is 0.480 e. The molecular formula is C18H20ClN3O3. The summed E-state index contributed by atoms with van der Waals surface area (Å²) >= 11 is 5.94. The van der Waals surface area contributed by atoms with Crippen molar-refractivity contribution in [2.45, 2.75) is 50.7 Å². The Kier molecular flexibility index (Phi) is 4.25. The smallest absolute Gasteiger partial charge is 0.320 e. The molecule has 1 aliphatic heterocycles.